The largest absolute Gasteiger partial charge is 0.388 e. The molecule has 2 heterocycles. The minimum absolute atomic E-state index is 0.264. The zero-order valence-corrected chi connectivity index (χ0v) is 18.3. The highest BCUT2D eigenvalue weighted by atomic mass is 35.5. The van der Waals surface area contributed by atoms with Crippen LogP contribution in [-0.4, -0.2) is 87.9 Å². The van der Waals surface area contributed by atoms with Crippen molar-refractivity contribution >= 4 is 29.3 Å². The van der Waals surface area contributed by atoms with Crippen molar-refractivity contribution in [3.8, 4) is 0 Å². The van der Waals surface area contributed by atoms with E-state index in [-0.39, 0.29) is 5.91 Å². The zero-order chi connectivity index (χ0) is 21.6. The molecule has 0 bridgehead atoms. The van der Waals surface area contributed by atoms with E-state index >= 15 is 0 Å². The number of thioether (sulfide) groups is 1. The first kappa shape index (κ1) is 24.6. The molecule has 1 saturated heterocycles. The Morgan fingerprint density at radius 3 is 2.79 bits per heavy atom. The number of aliphatic hydroxyl groups is 3. The van der Waals surface area contributed by atoms with Gasteiger partial charge >= 0.3 is 0 Å². The lowest BCUT2D eigenvalue weighted by Crippen LogP contribution is -2.65. The average Bonchev–Trinajstić information content (AvgIpc) is 2.95. The predicted octanol–water partition coefficient (Wildman–Crippen LogP) is -0.538. The third-order valence-electron chi connectivity index (χ3n) is 5.20. The van der Waals surface area contributed by atoms with Crippen molar-refractivity contribution in [3.63, 3.8) is 0 Å². The van der Waals surface area contributed by atoms with Crippen LogP contribution in [-0.2, 0) is 9.53 Å². The summed E-state index contributed by atoms with van der Waals surface area (Å²) >= 11 is 7.52. The van der Waals surface area contributed by atoms with Crippen molar-refractivity contribution < 1.29 is 24.9 Å². The maximum absolute atomic E-state index is 12.9. The summed E-state index contributed by atoms with van der Waals surface area (Å²) in [6.07, 6.45) is 3.91. The SMILES string of the molecule is CSC1O[C@H](C(NC(=O)[C@@H]2CC=C(/C=C/CN)CCN2)[C@H](C)Cl)C(O)C(O)C1O. The van der Waals surface area contributed by atoms with Gasteiger partial charge in [-0.3, -0.25) is 4.79 Å². The van der Waals surface area contributed by atoms with Gasteiger partial charge < -0.3 is 36.4 Å². The van der Waals surface area contributed by atoms with E-state index in [9.17, 15) is 20.1 Å². The fourth-order valence-corrected chi connectivity index (χ4v) is 4.39. The van der Waals surface area contributed by atoms with Crippen molar-refractivity contribution in [2.24, 2.45) is 5.73 Å². The van der Waals surface area contributed by atoms with Gasteiger partial charge in [0.1, 0.15) is 29.9 Å². The highest BCUT2D eigenvalue weighted by Gasteiger charge is 2.48. The molecule has 0 aromatic heterocycles. The van der Waals surface area contributed by atoms with Gasteiger partial charge in [-0.25, -0.2) is 0 Å². The van der Waals surface area contributed by atoms with Crippen LogP contribution in [0, 0.1) is 0 Å². The lowest BCUT2D eigenvalue weighted by Gasteiger charge is -2.44. The van der Waals surface area contributed by atoms with Gasteiger partial charge in [-0.05, 0) is 32.6 Å². The van der Waals surface area contributed by atoms with E-state index < -0.39 is 47.3 Å². The lowest BCUT2D eigenvalue weighted by molar-refractivity contribution is -0.205. The van der Waals surface area contributed by atoms with Gasteiger partial charge in [0.15, 0.2) is 0 Å². The van der Waals surface area contributed by atoms with Crippen molar-refractivity contribution in [1.82, 2.24) is 10.6 Å². The maximum atomic E-state index is 12.9. The second-order valence-electron chi connectivity index (χ2n) is 7.30. The van der Waals surface area contributed by atoms with Crippen molar-refractivity contribution in [2.75, 3.05) is 19.3 Å². The number of rotatable bonds is 7. The number of amides is 1. The van der Waals surface area contributed by atoms with Gasteiger partial charge in [0.2, 0.25) is 5.91 Å². The summed E-state index contributed by atoms with van der Waals surface area (Å²) in [5.74, 6) is -0.264. The first-order valence-electron chi connectivity index (χ1n) is 9.76. The number of nitrogens with two attached hydrogens (primary N) is 1. The molecule has 2 aliphatic rings. The van der Waals surface area contributed by atoms with Crippen LogP contribution >= 0.6 is 23.4 Å². The van der Waals surface area contributed by atoms with Gasteiger partial charge in [-0.15, -0.1) is 23.4 Å². The molecule has 0 saturated carbocycles. The molecule has 7 N–H and O–H groups in total. The second kappa shape index (κ2) is 11.7. The third kappa shape index (κ3) is 6.41. The van der Waals surface area contributed by atoms with E-state index in [4.69, 9.17) is 22.1 Å². The van der Waals surface area contributed by atoms with Crippen LogP contribution in [0.2, 0.25) is 0 Å². The molecule has 8 nitrogen and oxygen atoms in total. The molecule has 166 valence electrons. The second-order valence-corrected chi connectivity index (χ2v) is 8.92. The Balaban J connectivity index is 2.09. The molecular formula is C19H32ClN3O5S. The number of alkyl halides is 1. The number of allylic oxidation sites excluding steroid dienone is 1. The van der Waals surface area contributed by atoms with Crippen LogP contribution in [0.3, 0.4) is 0 Å². The van der Waals surface area contributed by atoms with E-state index in [1.165, 1.54) is 11.8 Å². The van der Waals surface area contributed by atoms with E-state index in [0.29, 0.717) is 19.5 Å². The van der Waals surface area contributed by atoms with Gasteiger partial charge in [0.05, 0.1) is 17.5 Å². The van der Waals surface area contributed by atoms with Crippen LogP contribution < -0.4 is 16.4 Å². The van der Waals surface area contributed by atoms with Gasteiger partial charge in [0.25, 0.3) is 0 Å². The minimum Gasteiger partial charge on any atom is -0.388 e. The molecule has 2 rings (SSSR count). The van der Waals surface area contributed by atoms with E-state index in [2.05, 4.69) is 10.6 Å². The van der Waals surface area contributed by atoms with E-state index in [1.807, 2.05) is 18.2 Å². The van der Waals surface area contributed by atoms with Gasteiger partial charge in [-0.1, -0.05) is 23.8 Å². The molecule has 5 unspecified atom stereocenters. The summed E-state index contributed by atoms with van der Waals surface area (Å²) in [4.78, 5) is 12.9. The summed E-state index contributed by atoms with van der Waals surface area (Å²) in [5.41, 5.74) is 5.87. The standard InChI is InChI=1S/C19H32ClN3O5S/c1-10(20)13(17-15(25)14(24)16(26)19(28-17)29-2)23-18(27)12-6-5-11(4-3-8-21)7-9-22-12/h3-5,10,12-17,19,22,24-26H,6-9,21H2,1-2H3,(H,23,27)/b4-3+/t10-,12-,13?,14?,15?,16?,17+,19?/m0/s1. The highest BCUT2D eigenvalue weighted by molar-refractivity contribution is 7.99. The molecule has 10 heteroatoms. The summed E-state index contributed by atoms with van der Waals surface area (Å²) in [6, 6.07) is -1.20. The maximum Gasteiger partial charge on any atom is 0.237 e. The number of hydrogen-bond donors (Lipinski definition) is 6. The Hall–Kier alpha value is -0.650. The smallest absolute Gasteiger partial charge is 0.237 e. The van der Waals surface area contributed by atoms with Gasteiger partial charge in [-0.2, -0.15) is 0 Å². The number of aliphatic hydroxyl groups excluding tert-OH is 3. The molecule has 0 spiro atoms. The number of halogens is 1. The quantitative estimate of drug-likeness (QED) is 0.285. The Kier molecular flexibility index (Phi) is 9.90. The summed E-state index contributed by atoms with van der Waals surface area (Å²) in [6.45, 7) is 2.79. The number of nitrogens with one attached hydrogen (secondary N) is 2. The monoisotopic (exact) mass is 449 g/mol. The summed E-state index contributed by atoms with van der Waals surface area (Å²) in [7, 11) is 0. The normalized spacial score (nSPS) is 35.6. The fraction of sp³-hybridized carbons (Fsp3) is 0.737. The first-order chi connectivity index (χ1) is 13.8. The molecular weight excluding hydrogens is 418 g/mol. The van der Waals surface area contributed by atoms with E-state index in [0.717, 1.165) is 12.0 Å². The predicted molar refractivity (Wildman–Crippen MR) is 115 cm³/mol. The van der Waals surface area contributed by atoms with Gasteiger partial charge in [0, 0.05) is 6.54 Å². The summed E-state index contributed by atoms with van der Waals surface area (Å²) < 4.78 is 5.78. The average molecular weight is 450 g/mol. The summed E-state index contributed by atoms with van der Waals surface area (Å²) in [5, 5.41) is 36.2. The van der Waals surface area contributed by atoms with E-state index in [1.54, 1.807) is 13.2 Å². The highest BCUT2D eigenvalue weighted by Crippen LogP contribution is 2.30. The van der Waals surface area contributed by atoms with Crippen LogP contribution in [0.25, 0.3) is 0 Å². The topological polar surface area (TPSA) is 137 Å². The Morgan fingerprint density at radius 1 is 1.45 bits per heavy atom. The van der Waals surface area contributed by atoms with Crippen molar-refractivity contribution in [1.29, 1.82) is 0 Å². The molecule has 0 aromatic rings. The fourth-order valence-electron chi connectivity index (χ4n) is 3.50. The number of carbonyl (C=O) groups is 1. The number of carbonyl (C=O) groups excluding carboxylic acids is 1. The number of ether oxygens (including phenoxy) is 1. The first-order valence-corrected chi connectivity index (χ1v) is 11.5. The molecule has 1 fully saturated rings. The van der Waals surface area contributed by atoms with Crippen molar-refractivity contribution in [3.05, 3.63) is 23.8 Å². The zero-order valence-electron chi connectivity index (χ0n) is 16.7. The molecule has 29 heavy (non-hydrogen) atoms. The van der Waals surface area contributed by atoms with Crippen LogP contribution in [0.1, 0.15) is 19.8 Å². The molecule has 1 amide bonds. The Bertz CT molecular complexity index is 604. The third-order valence-corrected chi connectivity index (χ3v) is 6.33. The van der Waals surface area contributed by atoms with Crippen LogP contribution in [0.4, 0.5) is 0 Å². The Morgan fingerprint density at radius 2 is 2.17 bits per heavy atom. The molecule has 0 radical (unpaired) electrons. The Labute approximate surface area is 180 Å². The lowest BCUT2D eigenvalue weighted by atomic mass is 9.93. The molecule has 0 aromatic carbocycles. The molecule has 8 atom stereocenters. The van der Waals surface area contributed by atoms with Crippen molar-refractivity contribution in [2.45, 2.75) is 67.1 Å². The van der Waals surface area contributed by atoms with Crippen LogP contribution in [0.15, 0.2) is 23.8 Å². The molecule has 2 aliphatic heterocycles. The van der Waals surface area contributed by atoms with Crippen LogP contribution in [0.5, 0.6) is 0 Å². The number of hydrogen-bond acceptors (Lipinski definition) is 8. The molecule has 0 aliphatic carbocycles. The minimum atomic E-state index is -1.39.